The van der Waals surface area contributed by atoms with Gasteiger partial charge in [0.2, 0.25) is 0 Å². The van der Waals surface area contributed by atoms with Gasteiger partial charge in [0.25, 0.3) is 0 Å². The fourth-order valence-electron chi connectivity index (χ4n) is 2.65. The standard InChI is InChI=1S/C17H25N3O2/c1-8-18-17(19-9-1)20-12-14-2-4-15(5-3-14)13-22-16-6-10-21-11-7-16/h2-5,16H,1,6-13H2,(H2,18,19,20). The first-order chi connectivity index (χ1) is 10.9. The second-order valence-electron chi connectivity index (χ2n) is 5.80. The molecule has 3 rings (SSSR count). The van der Waals surface area contributed by atoms with E-state index in [0.717, 1.165) is 58.1 Å². The maximum atomic E-state index is 5.94. The molecule has 0 bridgehead atoms. The summed E-state index contributed by atoms with van der Waals surface area (Å²) in [6, 6.07) is 8.59. The van der Waals surface area contributed by atoms with E-state index in [9.17, 15) is 0 Å². The second kappa shape index (κ2) is 8.15. The van der Waals surface area contributed by atoms with E-state index in [1.807, 2.05) is 0 Å². The van der Waals surface area contributed by atoms with Gasteiger partial charge in [0.1, 0.15) is 0 Å². The number of benzene rings is 1. The molecule has 2 N–H and O–H groups in total. The Morgan fingerprint density at radius 3 is 2.68 bits per heavy atom. The lowest BCUT2D eigenvalue weighted by atomic mass is 10.1. The summed E-state index contributed by atoms with van der Waals surface area (Å²) in [6.45, 7) is 5.06. The van der Waals surface area contributed by atoms with Crippen molar-refractivity contribution >= 4 is 5.96 Å². The molecule has 0 saturated carbocycles. The quantitative estimate of drug-likeness (QED) is 0.871. The first kappa shape index (κ1) is 15.3. The van der Waals surface area contributed by atoms with E-state index in [0.29, 0.717) is 12.7 Å². The summed E-state index contributed by atoms with van der Waals surface area (Å²) in [5.41, 5.74) is 2.48. The average molecular weight is 303 g/mol. The van der Waals surface area contributed by atoms with E-state index in [-0.39, 0.29) is 0 Å². The summed E-state index contributed by atoms with van der Waals surface area (Å²) in [5.74, 6) is 0.915. The summed E-state index contributed by atoms with van der Waals surface area (Å²) in [5, 5.41) is 6.60. The van der Waals surface area contributed by atoms with Gasteiger partial charge in [-0.15, -0.1) is 0 Å². The van der Waals surface area contributed by atoms with Crippen molar-refractivity contribution in [2.24, 2.45) is 4.99 Å². The van der Waals surface area contributed by atoms with Gasteiger partial charge in [0.05, 0.1) is 12.7 Å². The lowest BCUT2D eigenvalue weighted by Crippen LogP contribution is -2.40. The van der Waals surface area contributed by atoms with Gasteiger partial charge in [-0.3, -0.25) is 4.99 Å². The molecule has 0 radical (unpaired) electrons. The Morgan fingerprint density at radius 1 is 1.18 bits per heavy atom. The average Bonchev–Trinajstić information content (AvgIpc) is 2.61. The van der Waals surface area contributed by atoms with Crippen molar-refractivity contribution in [1.82, 2.24) is 10.6 Å². The van der Waals surface area contributed by atoms with Gasteiger partial charge in [-0.2, -0.15) is 0 Å². The van der Waals surface area contributed by atoms with Crippen LogP contribution >= 0.6 is 0 Å². The Hall–Kier alpha value is -1.59. The Morgan fingerprint density at radius 2 is 1.95 bits per heavy atom. The van der Waals surface area contributed by atoms with Crippen molar-refractivity contribution in [2.45, 2.75) is 38.5 Å². The summed E-state index contributed by atoms with van der Waals surface area (Å²) in [7, 11) is 0. The van der Waals surface area contributed by atoms with E-state index < -0.39 is 0 Å². The van der Waals surface area contributed by atoms with Crippen LogP contribution in [-0.2, 0) is 22.6 Å². The first-order valence-corrected chi connectivity index (χ1v) is 8.19. The van der Waals surface area contributed by atoms with E-state index in [1.54, 1.807) is 0 Å². The van der Waals surface area contributed by atoms with Crippen LogP contribution < -0.4 is 10.6 Å². The first-order valence-electron chi connectivity index (χ1n) is 8.19. The van der Waals surface area contributed by atoms with Gasteiger partial charge in [-0.1, -0.05) is 24.3 Å². The molecule has 5 nitrogen and oxygen atoms in total. The van der Waals surface area contributed by atoms with Gasteiger partial charge < -0.3 is 20.1 Å². The van der Waals surface area contributed by atoms with Crippen LogP contribution in [0.5, 0.6) is 0 Å². The van der Waals surface area contributed by atoms with Crippen LogP contribution in [0.25, 0.3) is 0 Å². The molecule has 0 aliphatic carbocycles. The van der Waals surface area contributed by atoms with Crippen LogP contribution in [-0.4, -0.2) is 38.4 Å². The Balaban J connectivity index is 1.42. The molecule has 0 spiro atoms. The SMILES string of the molecule is c1cc(COC2CCOCC2)ccc1CNC1=NCCCN1. The zero-order valence-corrected chi connectivity index (χ0v) is 13.0. The number of guanidine groups is 1. The largest absolute Gasteiger partial charge is 0.381 e. The molecular formula is C17H25N3O2. The number of hydrogen-bond donors (Lipinski definition) is 2. The predicted octanol–water partition coefficient (Wildman–Crippen LogP) is 1.82. The highest BCUT2D eigenvalue weighted by Crippen LogP contribution is 2.14. The van der Waals surface area contributed by atoms with Crippen LogP contribution in [0, 0.1) is 0 Å². The third-order valence-corrected chi connectivity index (χ3v) is 4.03. The molecule has 0 aromatic heterocycles. The highest BCUT2D eigenvalue weighted by molar-refractivity contribution is 5.80. The number of hydrogen-bond acceptors (Lipinski definition) is 5. The number of ether oxygens (including phenoxy) is 2. The van der Waals surface area contributed by atoms with Crippen molar-refractivity contribution in [3.63, 3.8) is 0 Å². The van der Waals surface area contributed by atoms with Crippen LogP contribution in [0.4, 0.5) is 0 Å². The minimum atomic E-state index is 0.352. The van der Waals surface area contributed by atoms with Crippen LogP contribution in [0.3, 0.4) is 0 Å². The molecule has 2 heterocycles. The summed E-state index contributed by atoms with van der Waals surface area (Å²) >= 11 is 0. The van der Waals surface area contributed by atoms with Gasteiger partial charge >= 0.3 is 0 Å². The summed E-state index contributed by atoms with van der Waals surface area (Å²) in [4.78, 5) is 4.41. The molecule has 1 aromatic rings. The van der Waals surface area contributed by atoms with Gasteiger partial charge in [-0.25, -0.2) is 0 Å². The maximum absolute atomic E-state index is 5.94. The number of aliphatic imine (C=N–C) groups is 1. The molecule has 0 unspecified atom stereocenters. The molecular weight excluding hydrogens is 278 g/mol. The monoisotopic (exact) mass is 303 g/mol. The number of nitrogens with zero attached hydrogens (tertiary/aromatic N) is 1. The minimum Gasteiger partial charge on any atom is -0.381 e. The molecule has 5 heteroatoms. The highest BCUT2D eigenvalue weighted by atomic mass is 16.5. The van der Waals surface area contributed by atoms with Gasteiger partial charge in [0, 0.05) is 32.8 Å². The normalized spacial score (nSPS) is 19.4. The third-order valence-electron chi connectivity index (χ3n) is 4.03. The van der Waals surface area contributed by atoms with Crippen LogP contribution in [0.2, 0.25) is 0 Å². The van der Waals surface area contributed by atoms with Crippen molar-refractivity contribution < 1.29 is 9.47 Å². The van der Waals surface area contributed by atoms with Crippen LogP contribution in [0.15, 0.2) is 29.3 Å². The highest BCUT2D eigenvalue weighted by Gasteiger charge is 2.13. The molecule has 2 aliphatic heterocycles. The molecule has 0 atom stereocenters. The third kappa shape index (κ3) is 4.71. The van der Waals surface area contributed by atoms with E-state index in [2.05, 4.69) is 39.9 Å². The van der Waals surface area contributed by atoms with Crippen molar-refractivity contribution in [2.75, 3.05) is 26.3 Å². The van der Waals surface area contributed by atoms with Crippen LogP contribution in [0.1, 0.15) is 30.4 Å². The van der Waals surface area contributed by atoms with E-state index in [1.165, 1.54) is 11.1 Å². The number of rotatable bonds is 5. The number of nitrogens with one attached hydrogen (secondary N) is 2. The smallest absolute Gasteiger partial charge is 0.191 e. The van der Waals surface area contributed by atoms with E-state index in [4.69, 9.17) is 9.47 Å². The fourth-order valence-corrected chi connectivity index (χ4v) is 2.65. The fraction of sp³-hybridized carbons (Fsp3) is 0.588. The lowest BCUT2D eigenvalue weighted by molar-refractivity contribution is -0.0390. The molecule has 0 amide bonds. The molecule has 22 heavy (non-hydrogen) atoms. The topological polar surface area (TPSA) is 54.9 Å². The van der Waals surface area contributed by atoms with Gasteiger partial charge in [0.15, 0.2) is 5.96 Å². The zero-order chi connectivity index (χ0) is 15.0. The summed E-state index contributed by atoms with van der Waals surface area (Å²) < 4.78 is 11.3. The van der Waals surface area contributed by atoms with Crippen molar-refractivity contribution in [1.29, 1.82) is 0 Å². The second-order valence-corrected chi connectivity index (χ2v) is 5.80. The molecule has 1 saturated heterocycles. The minimum absolute atomic E-state index is 0.352. The Bertz CT molecular complexity index is 481. The van der Waals surface area contributed by atoms with Crippen molar-refractivity contribution in [3.8, 4) is 0 Å². The van der Waals surface area contributed by atoms with E-state index >= 15 is 0 Å². The Labute approximate surface area is 132 Å². The lowest BCUT2D eigenvalue weighted by Gasteiger charge is -2.22. The zero-order valence-electron chi connectivity index (χ0n) is 13.0. The predicted molar refractivity (Wildman–Crippen MR) is 86.8 cm³/mol. The summed E-state index contributed by atoms with van der Waals surface area (Å²) in [6.07, 6.45) is 3.49. The molecule has 120 valence electrons. The van der Waals surface area contributed by atoms with Gasteiger partial charge in [-0.05, 0) is 30.4 Å². The molecule has 2 aliphatic rings. The maximum Gasteiger partial charge on any atom is 0.191 e. The molecule has 1 aromatic carbocycles. The van der Waals surface area contributed by atoms with Crippen molar-refractivity contribution in [3.05, 3.63) is 35.4 Å². The molecule has 1 fully saturated rings. The Kier molecular flexibility index (Phi) is 5.67.